The third-order valence-electron chi connectivity index (χ3n) is 3.09. The molecule has 98 valence electrons. The molecule has 1 aromatic rings. The smallest absolute Gasteiger partial charge is 0.265 e. The van der Waals surface area contributed by atoms with Crippen LogP contribution in [0.3, 0.4) is 0 Å². The second-order valence-electron chi connectivity index (χ2n) is 4.99. The molecule has 0 atom stereocenters. The number of carbonyl (C=O) groups is 1. The molecule has 0 saturated carbocycles. The van der Waals surface area contributed by atoms with E-state index in [1.54, 1.807) is 4.90 Å². The van der Waals surface area contributed by atoms with Crippen molar-refractivity contribution in [2.45, 2.75) is 25.9 Å². The Labute approximate surface area is 106 Å². The van der Waals surface area contributed by atoms with Gasteiger partial charge in [-0.1, -0.05) is 6.07 Å². The topological polar surface area (TPSA) is 75.8 Å². The molecular formula is C13H18N2O3. The zero-order valence-electron chi connectivity index (χ0n) is 10.6. The zero-order valence-corrected chi connectivity index (χ0v) is 10.6. The summed E-state index contributed by atoms with van der Waals surface area (Å²) in [6.45, 7) is 3.91. The van der Waals surface area contributed by atoms with Gasteiger partial charge in [0.25, 0.3) is 5.91 Å². The van der Waals surface area contributed by atoms with Gasteiger partial charge in [0.05, 0.1) is 17.8 Å². The number of benzene rings is 1. The minimum atomic E-state index is -0.664. The molecule has 0 unspecified atom stereocenters. The van der Waals surface area contributed by atoms with Gasteiger partial charge in [-0.2, -0.15) is 0 Å². The summed E-state index contributed by atoms with van der Waals surface area (Å²) in [5.74, 6) is 0.490. The maximum atomic E-state index is 12.0. The lowest BCUT2D eigenvalue weighted by Crippen LogP contribution is -2.54. The van der Waals surface area contributed by atoms with E-state index < -0.39 is 5.54 Å². The van der Waals surface area contributed by atoms with Crippen LogP contribution in [0.4, 0.5) is 5.69 Å². The van der Waals surface area contributed by atoms with E-state index in [4.69, 9.17) is 10.5 Å². The fraction of sp³-hybridized carbons (Fsp3) is 0.462. The molecule has 0 aliphatic carbocycles. The van der Waals surface area contributed by atoms with Gasteiger partial charge in [0.1, 0.15) is 5.75 Å². The number of amides is 1. The van der Waals surface area contributed by atoms with E-state index in [1.165, 1.54) is 0 Å². The Morgan fingerprint density at radius 2 is 2.22 bits per heavy atom. The molecule has 2 rings (SSSR count). The maximum Gasteiger partial charge on any atom is 0.265 e. The van der Waals surface area contributed by atoms with E-state index in [0.29, 0.717) is 18.0 Å². The first-order valence-corrected chi connectivity index (χ1v) is 5.89. The number of hydrogen-bond donors (Lipinski definition) is 2. The molecule has 5 nitrogen and oxygen atoms in total. The van der Waals surface area contributed by atoms with Gasteiger partial charge in [0.2, 0.25) is 0 Å². The van der Waals surface area contributed by atoms with E-state index in [2.05, 4.69) is 0 Å². The van der Waals surface area contributed by atoms with Crippen LogP contribution in [-0.4, -0.2) is 29.8 Å². The predicted molar refractivity (Wildman–Crippen MR) is 68.5 cm³/mol. The number of aliphatic hydroxyl groups excluding tert-OH is 1. The molecular weight excluding hydrogens is 232 g/mol. The van der Waals surface area contributed by atoms with Gasteiger partial charge in [0, 0.05) is 6.54 Å². The van der Waals surface area contributed by atoms with Crippen molar-refractivity contribution in [3.8, 4) is 5.75 Å². The van der Waals surface area contributed by atoms with Crippen molar-refractivity contribution in [2.24, 2.45) is 5.73 Å². The van der Waals surface area contributed by atoms with Gasteiger partial charge in [-0.25, -0.2) is 0 Å². The monoisotopic (exact) mass is 250 g/mol. The lowest BCUT2D eigenvalue weighted by atomic mass is 10.0. The van der Waals surface area contributed by atoms with Crippen LogP contribution in [0.5, 0.6) is 5.75 Å². The summed E-state index contributed by atoms with van der Waals surface area (Å²) in [5, 5.41) is 9.46. The van der Waals surface area contributed by atoms with E-state index in [1.807, 2.05) is 32.0 Å². The van der Waals surface area contributed by atoms with Crippen LogP contribution in [0.1, 0.15) is 19.4 Å². The molecule has 1 amide bonds. The number of hydrogen-bond acceptors (Lipinski definition) is 4. The quantitative estimate of drug-likeness (QED) is 0.825. The SMILES string of the molecule is CC(C)(CO)N1C(=O)COc2ccc(CN)cc21. The second kappa shape index (κ2) is 4.59. The van der Waals surface area contributed by atoms with E-state index in [0.717, 1.165) is 5.56 Å². The second-order valence-corrected chi connectivity index (χ2v) is 4.99. The van der Waals surface area contributed by atoms with Gasteiger partial charge in [-0.3, -0.25) is 9.69 Å². The Hall–Kier alpha value is -1.59. The van der Waals surface area contributed by atoms with E-state index >= 15 is 0 Å². The van der Waals surface area contributed by atoms with Gasteiger partial charge in [-0.15, -0.1) is 0 Å². The number of anilines is 1. The predicted octanol–water partition coefficient (Wildman–Crippen LogP) is 0.642. The van der Waals surface area contributed by atoms with Crippen molar-refractivity contribution in [3.05, 3.63) is 23.8 Å². The number of carbonyl (C=O) groups excluding carboxylic acids is 1. The highest BCUT2D eigenvalue weighted by atomic mass is 16.5. The molecule has 0 aromatic heterocycles. The molecule has 5 heteroatoms. The van der Waals surface area contributed by atoms with Crippen molar-refractivity contribution >= 4 is 11.6 Å². The normalized spacial score (nSPS) is 15.3. The third-order valence-corrected chi connectivity index (χ3v) is 3.09. The van der Waals surface area contributed by atoms with Crippen LogP contribution < -0.4 is 15.4 Å². The van der Waals surface area contributed by atoms with Crippen molar-refractivity contribution in [2.75, 3.05) is 18.1 Å². The minimum Gasteiger partial charge on any atom is -0.482 e. The Kier molecular flexibility index (Phi) is 3.28. The largest absolute Gasteiger partial charge is 0.482 e. The van der Waals surface area contributed by atoms with Gasteiger partial charge in [-0.05, 0) is 31.5 Å². The fourth-order valence-corrected chi connectivity index (χ4v) is 2.06. The molecule has 0 saturated heterocycles. The van der Waals surface area contributed by atoms with Crippen LogP contribution in [0.25, 0.3) is 0 Å². The molecule has 18 heavy (non-hydrogen) atoms. The summed E-state index contributed by atoms with van der Waals surface area (Å²) in [6, 6.07) is 5.52. The number of aliphatic hydroxyl groups is 1. The summed E-state index contributed by atoms with van der Waals surface area (Å²) < 4.78 is 5.39. The van der Waals surface area contributed by atoms with Crippen molar-refractivity contribution < 1.29 is 14.6 Å². The molecule has 0 fully saturated rings. The summed E-state index contributed by atoms with van der Waals surface area (Å²) in [7, 11) is 0. The fourth-order valence-electron chi connectivity index (χ4n) is 2.06. The molecule has 3 N–H and O–H groups in total. The first kappa shape index (κ1) is 12.9. The summed E-state index contributed by atoms with van der Waals surface area (Å²) in [5.41, 5.74) is 6.54. The zero-order chi connectivity index (χ0) is 13.3. The lowest BCUT2D eigenvalue weighted by molar-refractivity contribution is -0.122. The summed E-state index contributed by atoms with van der Waals surface area (Å²) in [6.07, 6.45) is 0. The Bertz CT molecular complexity index is 471. The number of nitrogens with zero attached hydrogens (tertiary/aromatic N) is 1. The average molecular weight is 250 g/mol. The first-order valence-electron chi connectivity index (χ1n) is 5.89. The number of rotatable bonds is 3. The van der Waals surface area contributed by atoms with Crippen molar-refractivity contribution in [1.82, 2.24) is 0 Å². The molecule has 1 heterocycles. The molecule has 0 radical (unpaired) electrons. The van der Waals surface area contributed by atoms with E-state index in [9.17, 15) is 9.90 Å². The number of nitrogens with two attached hydrogens (primary N) is 1. The highest BCUT2D eigenvalue weighted by molar-refractivity contribution is 5.99. The third kappa shape index (κ3) is 2.07. The Morgan fingerprint density at radius 1 is 1.50 bits per heavy atom. The van der Waals surface area contributed by atoms with Crippen LogP contribution in [0, 0.1) is 0 Å². The standard InChI is InChI=1S/C13H18N2O3/c1-13(2,8-16)15-10-5-9(6-14)3-4-11(10)18-7-12(15)17/h3-5,16H,6-8,14H2,1-2H3. The molecule has 1 aromatic carbocycles. The Morgan fingerprint density at radius 3 is 2.83 bits per heavy atom. The van der Waals surface area contributed by atoms with Gasteiger partial charge >= 0.3 is 0 Å². The first-order chi connectivity index (χ1) is 8.49. The van der Waals surface area contributed by atoms with Crippen LogP contribution in [0.15, 0.2) is 18.2 Å². The van der Waals surface area contributed by atoms with Crippen molar-refractivity contribution in [1.29, 1.82) is 0 Å². The Balaban J connectivity index is 2.52. The minimum absolute atomic E-state index is 0.00159. The molecule has 0 bridgehead atoms. The van der Waals surface area contributed by atoms with Crippen LogP contribution in [0.2, 0.25) is 0 Å². The van der Waals surface area contributed by atoms with Gasteiger partial charge in [0.15, 0.2) is 6.61 Å². The lowest BCUT2D eigenvalue weighted by Gasteiger charge is -2.40. The van der Waals surface area contributed by atoms with Gasteiger partial charge < -0.3 is 15.6 Å². The van der Waals surface area contributed by atoms with E-state index in [-0.39, 0.29) is 19.1 Å². The highest BCUT2D eigenvalue weighted by Crippen LogP contribution is 2.37. The summed E-state index contributed by atoms with van der Waals surface area (Å²) in [4.78, 5) is 13.6. The number of fused-ring (bicyclic) bond motifs is 1. The molecule has 1 aliphatic rings. The molecule has 1 aliphatic heterocycles. The highest BCUT2D eigenvalue weighted by Gasteiger charge is 2.36. The summed E-state index contributed by atoms with van der Waals surface area (Å²) >= 11 is 0. The molecule has 0 spiro atoms. The van der Waals surface area contributed by atoms with Crippen LogP contribution >= 0.6 is 0 Å². The average Bonchev–Trinajstić information content (AvgIpc) is 2.37. The van der Waals surface area contributed by atoms with Crippen LogP contribution in [-0.2, 0) is 11.3 Å². The van der Waals surface area contributed by atoms with Crippen molar-refractivity contribution in [3.63, 3.8) is 0 Å². The number of ether oxygens (including phenoxy) is 1. The maximum absolute atomic E-state index is 12.0.